The molecule has 1 aliphatic carbocycles. The fraction of sp³-hybridized carbons (Fsp3) is 0.345. The number of anilines is 2. The molecule has 1 aliphatic heterocycles. The summed E-state index contributed by atoms with van der Waals surface area (Å²) in [5.41, 5.74) is 4.61. The number of carbonyl (C=O) groups excluding carboxylic acids is 2. The van der Waals surface area contributed by atoms with Gasteiger partial charge in [0.05, 0.1) is 23.5 Å². The van der Waals surface area contributed by atoms with E-state index in [9.17, 15) is 9.59 Å². The predicted molar refractivity (Wildman–Crippen MR) is 142 cm³/mol. The molecule has 0 saturated heterocycles. The van der Waals surface area contributed by atoms with Crippen molar-refractivity contribution in [1.82, 2.24) is 10.3 Å². The largest absolute Gasteiger partial charge is 0.444 e. The van der Waals surface area contributed by atoms with E-state index in [2.05, 4.69) is 34.9 Å². The first-order valence-electron chi connectivity index (χ1n) is 12.4. The number of benzene rings is 2. The fourth-order valence-corrected chi connectivity index (χ4v) is 4.89. The van der Waals surface area contributed by atoms with Crippen LogP contribution in [0.2, 0.25) is 0 Å². The second-order valence-corrected chi connectivity index (χ2v) is 10.7. The topological polar surface area (TPSA) is 83.6 Å². The quantitative estimate of drug-likeness (QED) is 0.496. The van der Waals surface area contributed by atoms with Crippen molar-refractivity contribution < 1.29 is 14.3 Å². The van der Waals surface area contributed by atoms with Crippen molar-refractivity contribution in [2.75, 3.05) is 23.8 Å². The maximum absolute atomic E-state index is 12.5. The van der Waals surface area contributed by atoms with Crippen molar-refractivity contribution >= 4 is 23.5 Å². The van der Waals surface area contributed by atoms with Crippen molar-refractivity contribution in [3.63, 3.8) is 0 Å². The van der Waals surface area contributed by atoms with Crippen LogP contribution in [0.1, 0.15) is 45.6 Å². The standard InChI is InChI=1S/C29H32N4O3/c1-28(2,3)36-27(35)32-29(15-8-16-29)21-13-11-20(12-14-21)25-22(19-9-6-5-7-10-19)17-23-26(31-25)33(4)18-24(34)30-23/h5-7,9-14,17H,8,15-16,18H2,1-4H3,(H,30,34)(H,32,35). The Hall–Kier alpha value is -3.87. The van der Waals surface area contributed by atoms with Crippen LogP contribution in [0.25, 0.3) is 22.4 Å². The Morgan fingerprint density at radius 1 is 1.06 bits per heavy atom. The lowest BCUT2D eigenvalue weighted by molar-refractivity contribution is -0.115. The molecule has 2 amide bonds. The number of nitrogens with zero attached hydrogens (tertiary/aromatic N) is 2. The Morgan fingerprint density at radius 2 is 1.75 bits per heavy atom. The molecule has 5 rings (SSSR count). The molecule has 7 nitrogen and oxygen atoms in total. The van der Waals surface area contributed by atoms with E-state index >= 15 is 0 Å². The molecule has 1 saturated carbocycles. The van der Waals surface area contributed by atoms with Crippen LogP contribution in [0.3, 0.4) is 0 Å². The molecule has 0 radical (unpaired) electrons. The van der Waals surface area contributed by atoms with Gasteiger partial charge in [0.15, 0.2) is 5.82 Å². The SMILES string of the molecule is CN1CC(=O)Nc2cc(-c3ccccc3)c(-c3ccc(C4(NC(=O)OC(C)(C)C)CCC4)cc3)nc21. The van der Waals surface area contributed by atoms with E-state index in [1.165, 1.54) is 0 Å². The minimum Gasteiger partial charge on any atom is -0.444 e. The summed E-state index contributed by atoms with van der Waals surface area (Å²) in [5.74, 6) is 0.696. The van der Waals surface area contributed by atoms with E-state index in [-0.39, 0.29) is 18.5 Å². The van der Waals surface area contributed by atoms with Crippen LogP contribution in [0.5, 0.6) is 0 Å². The molecule has 0 unspecified atom stereocenters. The number of hydrogen-bond acceptors (Lipinski definition) is 5. The molecule has 0 bridgehead atoms. The van der Waals surface area contributed by atoms with Gasteiger partial charge in [-0.25, -0.2) is 9.78 Å². The lowest BCUT2D eigenvalue weighted by Crippen LogP contribution is -2.52. The number of likely N-dealkylation sites (N-methyl/N-ethyl adjacent to an activating group) is 1. The van der Waals surface area contributed by atoms with Crippen LogP contribution in [-0.4, -0.2) is 36.2 Å². The number of nitrogens with one attached hydrogen (secondary N) is 2. The Labute approximate surface area is 211 Å². The molecule has 3 aromatic rings. The van der Waals surface area contributed by atoms with Crippen LogP contribution < -0.4 is 15.5 Å². The highest BCUT2D eigenvalue weighted by Gasteiger charge is 2.41. The van der Waals surface area contributed by atoms with Crippen LogP contribution in [0, 0.1) is 0 Å². The molecule has 36 heavy (non-hydrogen) atoms. The van der Waals surface area contributed by atoms with E-state index in [1.54, 1.807) is 0 Å². The maximum atomic E-state index is 12.5. The van der Waals surface area contributed by atoms with E-state index in [4.69, 9.17) is 9.72 Å². The summed E-state index contributed by atoms with van der Waals surface area (Å²) >= 11 is 0. The summed E-state index contributed by atoms with van der Waals surface area (Å²) in [5, 5.41) is 6.09. The van der Waals surface area contributed by atoms with Gasteiger partial charge in [-0.2, -0.15) is 0 Å². The lowest BCUT2D eigenvalue weighted by atomic mass is 9.71. The van der Waals surface area contributed by atoms with Gasteiger partial charge in [-0.05, 0) is 57.2 Å². The molecule has 1 aromatic heterocycles. The van der Waals surface area contributed by atoms with Crippen molar-refractivity contribution in [3.05, 3.63) is 66.2 Å². The number of fused-ring (bicyclic) bond motifs is 1. The third kappa shape index (κ3) is 4.65. The molecule has 0 spiro atoms. The van der Waals surface area contributed by atoms with Crippen molar-refractivity contribution in [2.45, 2.75) is 51.2 Å². The second-order valence-electron chi connectivity index (χ2n) is 10.7. The van der Waals surface area contributed by atoms with Gasteiger partial charge in [0.25, 0.3) is 0 Å². The van der Waals surface area contributed by atoms with Crippen LogP contribution in [0.15, 0.2) is 60.7 Å². The van der Waals surface area contributed by atoms with Gasteiger partial charge in [-0.1, -0.05) is 54.6 Å². The Bertz CT molecular complexity index is 1290. The van der Waals surface area contributed by atoms with E-state index in [0.29, 0.717) is 5.69 Å². The van der Waals surface area contributed by atoms with Gasteiger partial charge in [0, 0.05) is 18.2 Å². The average Bonchev–Trinajstić information content (AvgIpc) is 2.80. The first-order valence-corrected chi connectivity index (χ1v) is 12.4. The first kappa shape index (κ1) is 23.9. The monoisotopic (exact) mass is 484 g/mol. The second kappa shape index (κ2) is 8.97. The fourth-order valence-electron chi connectivity index (χ4n) is 4.89. The van der Waals surface area contributed by atoms with Gasteiger partial charge in [0.2, 0.25) is 5.91 Å². The Balaban J connectivity index is 1.51. The minimum absolute atomic E-state index is 0.0498. The Kier molecular flexibility index (Phi) is 5.94. The van der Waals surface area contributed by atoms with Crippen LogP contribution in [-0.2, 0) is 15.1 Å². The number of rotatable bonds is 4. The molecule has 2 heterocycles. The van der Waals surface area contributed by atoms with E-state index in [0.717, 1.165) is 53.0 Å². The number of amides is 2. The minimum atomic E-state index is -0.544. The number of pyridine rings is 1. The van der Waals surface area contributed by atoms with Gasteiger partial charge in [-0.3, -0.25) is 4.79 Å². The van der Waals surface area contributed by atoms with Crippen LogP contribution in [0.4, 0.5) is 16.3 Å². The van der Waals surface area contributed by atoms with E-state index in [1.807, 2.05) is 69.1 Å². The number of aromatic nitrogens is 1. The number of alkyl carbamates (subject to hydrolysis) is 1. The molecule has 7 heteroatoms. The van der Waals surface area contributed by atoms with Gasteiger partial charge in [0.1, 0.15) is 5.60 Å². The number of hydrogen-bond donors (Lipinski definition) is 2. The van der Waals surface area contributed by atoms with E-state index < -0.39 is 11.1 Å². The zero-order chi connectivity index (χ0) is 25.5. The number of carbonyl (C=O) groups is 2. The molecule has 2 aliphatic rings. The third-order valence-corrected chi connectivity index (χ3v) is 6.76. The van der Waals surface area contributed by atoms with Gasteiger partial charge < -0.3 is 20.3 Å². The zero-order valence-electron chi connectivity index (χ0n) is 21.2. The Morgan fingerprint density at radius 3 is 2.36 bits per heavy atom. The average molecular weight is 485 g/mol. The summed E-state index contributed by atoms with van der Waals surface area (Å²) in [6.45, 7) is 5.87. The summed E-state index contributed by atoms with van der Waals surface area (Å²) < 4.78 is 5.52. The molecular formula is C29H32N4O3. The number of ether oxygens (including phenoxy) is 1. The molecular weight excluding hydrogens is 452 g/mol. The summed E-state index contributed by atoms with van der Waals surface area (Å²) in [7, 11) is 1.88. The molecule has 2 aromatic carbocycles. The highest BCUT2D eigenvalue weighted by molar-refractivity contribution is 6.02. The highest BCUT2D eigenvalue weighted by atomic mass is 16.6. The zero-order valence-corrected chi connectivity index (χ0v) is 21.2. The molecule has 0 atom stereocenters. The molecule has 186 valence electrons. The smallest absolute Gasteiger partial charge is 0.408 e. The summed E-state index contributed by atoms with van der Waals surface area (Å²) in [6, 6.07) is 20.3. The van der Waals surface area contributed by atoms with Crippen LogP contribution >= 0.6 is 0 Å². The molecule has 1 fully saturated rings. The van der Waals surface area contributed by atoms with Crippen molar-refractivity contribution in [3.8, 4) is 22.4 Å². The van der Waals surface area contributed by atoms with Gasteiger partial charge >= 0.3 is 6.09 Å². The van der Waals surface area contributed by atoms with Gasteiger partial charge in [-0.15, -0.1) is 0 Å². The predicted octanol–water partition coefficient (Wildman–Crippen LogP) is 5.71. The first-order chi connectivity index (χ1) is 17.1. The normalized spacial score (nSPS) is 16.4. The highest BCUT2D eigenvalue weighted by Crippen LogP contribution is 2.43. The maximum Gasteiger partial charge on any atom is 0.408 e. The molecule has 2 N–H and O–H groups in total. The van der Waals surface area contributed by atoms with Crippen molar-refractivity contribution in [1.29, 1.82) is 0 Å². The lowest BCUT2D eigenvalue weighted by Gasteiger charge is -2.43. The summed E-state index contributed by atoms with van der Waals surface area (Å²) in [4.78, 5) is 31.6. The third-order valence-electron chi connectivity index (χ3n) is 6.76. The van der Waals surface area contributed by atoms with Crippen molar-refractivity contribution in [2.24, 2.45) is 0 Å². The summed E-state index contributed by atoms with van der Waals surface area (Å²) in [6.07, 6.45) is 2.42.